The van der Waals surface area contributed by atoms with Crippen LogP contribution in [0, 0.1) is 19.3 Å². The van der Waals surface area contributed by atoms with Crippen molar-refractivity contribution in [3.05, 3.63) is 65.5 Å². The van der Waals surface area contributed by atoms with Gasteiger partial charge >= 0.3 is 0 Å². The molecule has 6 aromatic rings. The Labute approximate surface area is 203 Å². The molecule has 0 atom stereocenters. The molecule has 4 heterocycles. The van der Waals surface area contributed by atoms with Crippen LogP contribution in [-0.2, 0) is 13.5 Å². The second-order valence-corrected chi connectivity index (χ2v) is 11.2. The van der Waals surface area contributed by atoms with Crippen LogP contribution in [-0.4, -0.2) is 0 Å². The van der Waals surface area contributed by atoms with Gasteiger partial charge in [-0.2, -0.15) is 0 Å². The molecule has 0 bridgehead atoms. The summed E-state index contributed by atoms with van der Waals surface area (Å²) < 4.78 is 21.4. The van der Waals surface area contributed by atoms with Crippen molar-refractivity contribution in [1.29, 1.82) is 0 Å². The van der Waals surface area contributed by atoms with Gasteiger partial charge in [-0.1, -0.05) is 32.9 Å². The summed E-state index contributed by atoms with van der Waals surface area (Å²) in [6.07, 6.45) is 4.86. The number of aryl methyl sites for hydroxylation is 3. The molecule has 0 unspecified atom stereocenters. The van der Waals surface area contributed by atoms with Crippen LogP contribution >= 0.6 is 0 Å². The van der Waals surface area contributed by atoms with Crippen molar-refractivity contribution in [2.24, 2.45) is 12.5 Å². The first-order valence-corrected chi connectivity index (χ1v) is 12.2. The highest BCUT2D eigenvalue weighted by molar-refractivity contribution is 6.20. The Bertz CT molecular complexity index is 1860. The molecule has 3 aromatic carbocycles. The Kier molecular flexibility index (Phi) is 3.91. The highest BCUT2D eigenvalue weighted by atomic mass is 16.5. The topological polar surface area (TPSA) is 39.4 Å². The van der Waals surface area contributed by atoms with Gasteiger partial charge in [0.05, 0.1) is 11.8 Å². The maximum absolute atomic E-state index is 6.76. The minimum atomic E-state index is 0.171. The molecule has 0 aliphatic carbocycles. The Morgan fingerprint density at radius 1 is 0.886 bits per heavy atom. The minimum Gasteiger partial charge on any atom is -0.464 e. The molecule has 4 heteroatoms. The highest BCUT2D eigenvalue weighted by Gasteiger charge is 2.34. The molecule has 0 N–H and O–H groups in total. The Balaban J connectivity index is 1.64. The van der Waals surface area contributed by atoms with E-state index >= 15 is 0 Å². The molecular formula is C31H28NO3+. The van der Waals surface area contributed by atoms with Crippen LogP contribution in [0.2, 0.25) is 0 Å². The van der Waals surface area contributed by atoms with Crippen molar-refractivity contribution in [3.8, 4) is 22.8 Å². The van der Waals surface area contributed by atoms with E-state index in [9.17, 15) is 0 Å². The second kappa shape index (κ2) is 6.66. The predicted octanol–water partition coefficient (Wildman–Crippen LogP) is 8.29. The van der Waals surface area contributed by atoms with E-state index in [0.29, 0.717) is 0 Å². The van der Waals surface area contributed by atoms with Crippen molar-refractivity contribution < 1.29 is 18.1 Å². The van der Waals surface area contributed by atoms with E-state index in [1.54, 1.807) is 6.26 Å². The summed E-state index contributed by atoms with van der Waals surface area (Å²) in [6, 6.07) is 12.8. The number of ether oxygens (including phenoxy) is 1. The molecule has 0 radical (unpaired) electrons. The van der Waals surface area contributed by atoms with E-state index in [1.165, 1.54) is 10.9 Å². The van der Waals surface area contributed by atoms with Gasteiger partial charge in [-0.25, -0.2) is 4.57 Å². The van der Waals surface area contributed by atoms with Crippen LogP contribution < -0.4 is 9.30 Å². The average molecular weight is 463 g/mol. The van der Waals surface area contributed by atoms with Gasteiger partial charge in [0.2, 0.25) is 5.69 Å². The molecule has 0 fully saturated rings. The fourth-order valence-corrected chi connectivity index (χ4v) is 5.99. The van der Waals surface area contributed by atoms with E-state index in [4.69, 9.17) is 13.6 Å². The fraction of sp³-hybridized carbons (Fsp3) is 0.258. The maximum Gasteiger partial charge on any atom is 0.228 e. The lowest BCUT2D eigenvalue weighted by molar-refractivity contribution is -0.659. The van der Waals surface area contributed by atoms with E-state index < -0.39 is 0 Å². The van der Waals surface area contributed by atoms with Gasteiger partial charge in [0, 0.05) is 38.7 Å². The maximum atomic E-state index is 6.76. The largest absolute Gasteiger partial charge is 0.464 e. The van der Waals surface area contributed by atoms with Gasteiger partial charge in [0.1, 0.15) is 40.7 Å². The average Bonchev–Trinajstić information content (AvgIpc) is 3.44. The first-order chi connectivity index (χ1) is 16.7. The summed E-state index contributed by atoms with van der Waals surface area (Å²) in [5.41, 5.74) is 8.67. The standard InChI is InChI=1S/C31H28NO3/c1-16-19-11-13-33-28(19)17(2)24-27-26-20(10-12-32(27)6)30-21(14-23(26)35-29(16)24)25-18(15-31(3,4)5)8-7-9-22(25)34-30/h7-14H,15H2,1-6H3/q+1. The van der Waals surface area contributed by atoms with Gasteiger partial charge in [0.15, 0.2) is 6.20 Å². The van der Waals surface area contributed by atoms with Crippen LogP contribution in [0.15, 0.2) is 57.7 Å². The molecule has 7 rings (SSSR count). The lowest BCUT2D eigenvalue weighted by Gasteiger charge is -2.23. The normalized spacial score (nSPS) is 13.2. The number of furan rings is 2. The van der Waals surface area contributed by atoms with E-state index in [0.717, 1.165) is 78.6 Å². The van der Waals surface area contributed by atoms with Crippen molar-refractivity contribution in [2.45, 2.75) is 41.0 Å². The Morgan fingerprint density at radius 3 is 2.51 bits per heavy atom. The van der Waals surface area contributed by atoms with Gasteiger partial charge in [-0.3, -0.25) is 0 Å². The number of aromatic nitrogens is 1. The third kappa shape index (κ3) is 2.71. The van der Waals surface area contributed by atoms with Gasteiger partial charge in [0.25, 0.3) is 0 Å². The molecule has 0 amide bonds. The first-order valence-electron chi connectivity index (χ1n) is 12.2. The molecule has 1 aliphatic rings. The third-order valence-electron chi connectivity index (χ3n) is 7.45. The number of hydrogen-bond donors (Lipinski definition) is 0. The number of pyridine rings is 1. The van der Waals surface area contributed by atoms with Crippen LogP contribution in [0.1, 0.15) is 37.5 Å². The van der Waals surface area contributed by atoms with Crippen molar-refractivity contribution in [3.63, 3.8) is 0 Å². The molecule has 0 saturated carbocycles. The van der Waals surface area contributed by atoms with Gasteiger partial charge in [-0.05, 0) is 49.4 Å². The molecule has 0 spiro atoms. The number of hydrogen-bond acceptors (Lipinski definition) is 3. The van der Waals surface area contributed by atoms with E-state index in [1.807, 2.05) is 6.07 Å². The van der Waals surface area contributed by atoms with E-state index in [2.05, 4.69) is 82.8 Å². The summed E-state index contributed by atoms with van der Waals surface area (Å²) in [5, 5.41) is 5.56. The second-order valence-electron chi connectivity index (χ2n) is 11.2. The van der Waals surface area contributed by atoms with Crippen LogP contribution in [0.3, 0.4) is 0 Å². The fourth-order valence-electron chi connectivity index (χ4n) is 5.99. The number of nitrogens with zero attached hydrogens (tertiary/aromatic N) is 1. The molecular weight excluding hydrogens is 434 g/mol. The van der Waals surface area contributed by atoms with E-state index in [-0.39, 0.29) is 5.41 Å². The molecule has 174 valence electrons. The minimum absolute atomic E-state index is 0.171. The third-order valence-corrected chi connectivity index (χ3v) is 7.45. The molecule has 4 nitrogen and oxygen atoms in total. The van der Waals surface area contributed by atoms with Crippen molar-refractivity contribution in [2.75, 3.05) is 0 Å². The summed E-state index contributed by atoms with van der Waals surface area (Å²) in [5.74, 6) is 1.79. The lowest BCUT2D eigenvalue weighted by atomic mass is 9.86. The number of fused-ring (bicyclic) bond motifs is 7. The predicted molar refractivity (Wildman–Crippen MR) is 140 cm³/mol. The van der Waals surface area contributed by atoms with Crippen molar-refractivity contribution >= 4 is 43.7 Å². The van der Waals surface area contributed by atoms with Crippen LogP contribution in [0.25, 0.3) is 54.9 Å². The molecule has 35 heavy (non-hydrogen) atoms. The zero-order chi connectivity index (χ0) is 24.2. The van der Waals surface area contributed by atoms with Crippen LogP contribution in [0.5, 0.6) is 11.5 Å². The molecule has 0 saturated heterocycles. The lowest BCUT2D eigenvalue weighted by Crippen LogP contribution is -2.32. The zero-order valence-electron chi connectivity index (χ0n) is 21.0. The molecule has 3 aromatic heterocycles. The Hall–Kier alpha value is -3.79. The highest BCUT2D eigenvalue weighted by Crippen LogP contribution is 2.52. The number of benzene rings is 3. The zero-order valence-corrected chi connectivity index (χ0v) is 21.0. The summed E-state index contributed by atoms with van der Waals surface area (Å²) in [6.45, 7) is 11.1. The SMILES string of the molecule is Cc1c2c(c(C)c3occc13)-c1c3c(cc4c(oc5cccc(CC(C)(C)C)c54)c3cc[n+]1C)O2. The summed E-state index contributed by atoms with van der Waals surface area (Å²) in [7, 11) is 2.10. The van der Waals surface area contributed by atoms with Crippen molar-refractivity contribution in [1.82, 2.24) is 0 Å². The summed E-state index contributed by atoms with van der Waals surface area (Å²) >= 11 is 0. The number of rotatable bonds is 1. The van der Waals surface area contributed by atoms with Gasteiger partial charge in [-0.15, -0.1) is 0 Å². The smallest absolute Gasteiger partial charge is 0.228 e. The Morgan fingerprint density at radius 2 is 1.71 bits per heavy atom. The summed E-state index contributed by atoms with van der Waals surface area (Å²) in [4.78, 5) is 0. The van der Waals surface area contributed by atoms with Gasteiger partial charge < -0.3 is 13.6 Å². The molecule has 1 aliphatic heterocycles. The monoisotopic (exact) mass is 462 g/mol. The quantitative estimate of drug-likeness (QED) is 0.230. The van der Waals surface area contributed by atoms with Crippen LogP contribution in [0.4, 0.5) is 0 Å². The first kappa shape index (κ1) is 20.6.